The van der Waals surface area contributed by atoms with Crippen LogP contribution in [0.25, 0.3) is 0 Å². The predicted octanol–water partition coefficient (Wildman–Crippen LogP) is 2.33. The molecule has 2 saturated carbocycles. The van der Waals surface area contributed by atoms with E-state index in [1.54, 1.807) is 0 Å². The third-order valence-corrected chi connectivity index (χ3v) is 6.06. The van der Waals surface area contributed by atoms with E-state index in [0.29, 0.717) is 12.8 Å². The third kappa shape index (κ3) is 2.34. The minimum absolute atomic E-state index is 0.0676. The molecular formula is C16H30O3. The minimum atomic E-state index is -0.874. The van der Waals surface area contributed by atoms with E-state index in [2.05, 4.69) is 20.8 Å². The molecule has 3 heteroatoms. The summed E-state index contributed by atoms with van der Waals surface area (Å²) in [6.45, 7) is 8.65. The number of aliphatic hydroxyl groups excluding tert-OH is 2. The van der Waals surface area contributed by atoms with Gasteiger partial charge in [-0.15, -0.1) is 0 Å². The fraction of sp³-hybridized carbons (Fsp3) is 1.00. The van der Waals surface area contributed by atoms with Crippen molar-refractivity contribution in [3.05, 3.63) is 0 Å². The first-order valence-electron chi connectivity index (χ1n) is 7.66. The lowest BCUT2D eigenvalue weighted by Crippen LogP contribution is -2.62. The van der Waals surface area contributed by atoms with Crippen molar-refractivity contribution in [3.63, 3.8) is 0 Å². The Morgan fingerprint density at radius 2 is 1.74 bits per heavy atom. The molecule has 0 amide bonds. The molecule has 0 saturated heterocycles. The average Bonchev–Trinajstić information content (AvgIpc) is 2.21. The van der Waals surface area contributed by atoms with Gasteiger partial charge < -0.3 is 15.3 Å². The van der Waals surface area contributed by atoms with Gasteiger partial charge in [0.05, 0.1) is 11.7 Å². The number of aliphatic hydroxyl groups is 3. The van der Waals surface area contributed by atoms with Crippen LogP contribution in [0, 0.1) is 22.7 Å². The monoisotopic (exact) mass is 270 g/mol. The molecule has 0 spiro atoms. The lowest BCUT2D eigenvalue weighted by atomic mass is 9.44. The van der Waals surface area contributed by atoms with Crippen molar-refractivity contribution in [1.29, 1.82) is 0 Å². The van der Waals surface area contributed by atoms with Crippen LogP contribution < -0.4 is 0 Å². The summed E-state index contributed by atoms with van der Waals surface area (Å²) in [5.41, 5.74) is -0.844. The lowest BCUT2D eigenvalue weighted by Gasteiger charge is -2.62. The van der Waals surface area contributed by atoms with Crippen LogP contribution in [-0.4, -0.2) is 33.6 Å². The van der Waals surface area contributed by atoms with Crippen molar-refractivity contribution in [2.45, 2.75) is 71.5 Å². The van der Waals surface area contributed by atoms with Crippen molar-refractivity contribution in [2.24, 2.45) is 22.7 Å². The zero-order chi connectivity index (χ0) is 14.5. The van der Waals surface area contributed by atoms with Crippen molar-refractivity contribution < 1.29 is 15.3 Å². The second-order valence-electron chi connectivity index (χ2n) is 8.02. The van der Waals surface area contributed by atoms with E-state index in [0.717, 1.165) is 19.3 Å². The maximum Gasteiger partial charge on any atom is 0.0678 e. The van der Waals surface area contributed by atoms with Crippen LogP contribution in [0.4, 0.5) is 0 Å². The van der Waals surface area contributed by atoms with E-state index < -0.39 is 11.7 Å². The Balaban J connectivity index is 2.43. The number of hydrogen-bond donors (Lipinski definition) is 3. The minimum Gasteiger partial charge on any atom is -0.396 e. The van der Waals surface area contributed by atoms with Gasteiger partial charge in [-0.3, -0.25) is 0 Å². The summed E-state index contributed by atoms with van der Waals surface area (Å²) in [7, 11) is 0. The van der Waals surface area contributed by atoms with E-state index in [1.807, 2.05) is 6.92 Å². The Hall–Kier alpha value is -0.120. The molecule has 0 aromatic heterocycles. The van der Waals surface area contributed by atoms with Crippen LogP contribution in [0.1, 0.15) is 59.8 Å². The summed E-state index contributed by atoms with van der Waals surface area (Å²) in [6, 6.07) is 0. The molecule has 112 valence electrons. The lowest BCUT2D eigenvalue weighted by molar-refractivity contribution is -0.216. The number of hydrogen-bond acceptors (Lipinski definition) is 3. The van der Waals surface area contributed by atoms with Crippen LogP contribution >= 0.6 is 0 Å². The van der Waals surface area contributed by atoms with E-state index >= 15 is 0 Å². The maximum atomic E-state index is 10.7. The van der Waals surface area contributed by atoms with E-state index in [-0.39, 0.29) is 29.3 Å². The number of fused-ring (bicyclic) bond motifs is 1. The average molecular weight is 270 g/mol. The summed E-state index contributed by atoms with van der Waals surface area (Å²) in [5.74, 6) is 0.281. The maximum absolute atomic E-state index is 10.7. The molecular weight excluding hydrogens is 240 g/mol. The van der Waals surface area contributed by atoms with Crippen LogP contribution in [0.15, 0.2) is 0 Å². The molecule has 2 rings (SSSR count). The van der Waals surface area contributed by atoms with Crippen molar-refractivity contribution >= 4 is 0 Å². The first-order valence-corrected chi connectivity index (χ1v) is 7.66. The molecule has 19 heavy (non-hydrogen) atoms. The highest BCUT2D eigenvalue weighted by Gasteiger charge is 2.60. The Morgan fingerprint density at radius 3 is 2.32 bits per heavy atom. The topological polar surface area (TPSA) is 60.7 Å². The van der Waals surface area contributed by atoms with E-state index in [1.165, 1.54) is 0 Å². The Kier molecular flexibility index (Phi) is 3.79. The first-order chi connectivity index (χ1) is 8.65. The summed E-state index contributed by atoms with van der Waals surface area (Å²) in [6.07, 6.45) is 3.94. The molecule has 2 fully saturated rings. The zero-order valence-corrected chi connectivity index (χ0v) is 12.8. The predicted molar refractivity (Wildman–Crippen MR) is 75.7 cm³/mol. The summed E-state index contributed by atoms with van der Waals surface area (Å²) >= 11 is 0. The van der Waals surface area contributed by atoms with Gasteiger partial charge in [-0.1, -0.05) is 27.2 Å². The van der Waals surface area contributed by atoms with Crippen LogP contribution in [0.3, 0.4) is 0 Å². The summed E-state index contributed by atoms with van der Waals surface area (Å²) < 4.78 is 0. The summed E-state index contributed by atoms with van der Waals surface area (Å²) in [4.78, 5) is 0. The second kappa shape index (κ2) is 4.71. The normalized spacial score (nSPS) is 49.7. The number of rotatable bonds is 2. The standard InChI is InChI=1S/C16H30O3/c1-14(2)7-5-8-15(3)12(6-9-17)16(4,19)10-11(18)13(14)15/h11-13,17-19H,5-10H2,1-4H3/t11-,12+,13?,15+,16+/m0/s1. The summed E-state index contributed by atoms with van der Waals surface area (Å²) in [5, 5.41) is 30.7. The SMILES string of the molecule is CC1(C)CCC[C@@]2(C)C1[C@@H](O)C[C@@](C)(O)[C@@H]2CCO. The van der Waals surface area contributed by atoms with Gasteiger partial charge in [0.15, 0.2) is 0 Å². The van der Waals surface area contributed by atoms with E-state index in [4.69, 9.17) is 0 Å². The molecule has 0 aliphatic heterocycles. The van der Waals surface area contributed by atoms with Gasteiger partial charge in [0.1, 0.15) is 0 Å². The Morgan fingerprint density at radius 1 is 1.11 bits per heavy atom. The Bertz CT molecular complexity index is 337. The molecule has 3 nitrogen and oxygen atoms in total. The van der Waals surface area contributed by atoms with E-state index in [9.17, 15) is 15.3 Å². The van der Waals surface area contributed by atoms with Crippen molar-refractivity contribution in [1.82, 2.24) is 0 Å². The van der Waals surface area contributed by atoms with Crippen LogP contribution in [0.5, 0.6) is 0 Å². The molecule has 2 aliphatic rings. The van der Waals surface area contributed by atoms with Crippen LogP contribution in [-0.2, 0) is 0 Å². The molecule has 5 atom stereocenters. The quantitative estimate of drug-likeness (QED) is 0.722. The van der Waals surface area contributed by atoms with Gasteiger partial charge in [-0.25, -0.2) is 0 Å². The molecule has 1 unspecified atom stereocenters. The van der Waals surface area contributed by atoms with Gasteiger partial charge in [0, 0.05) is 13.0 Å². The third-order valence-electron chi connectivity index (χ3n) is 6.06. The molecule has 0 aromatic carbocycles. The second-order valence-corrected chi connectivity index (χ2v) is 8.02. The smallest absolute Gasteiger partial charge is 0.0678 e. The van der Waals surface area contributed by atoms with Gasteiger partial charge in [-0.2, -0.15) is 0 Å². The van der Waals surface area contributed by atoms with Gasteiger partial charge in [-0.05, 0) is 48.9 Å². The fourth-order valence-electron chi connectivity index (χ4n) is 5.64. The molecule has 0 bridgehead atoms. The van der Waals surface area contributed by atoms with Gasteiger partial charge in [0.2, 0.25) is 0 Å². The highest BCUT2D eigenvalue weighted by molar-refractivity contribution is 5.10. The highest BCUT2D eigenvalue weighted by atomic mass is 16.3. The first kappa shape index (κ1) is 15.3. The molecule has 2 aliphatic carbocycles. The molecule has 0 radical (unpaired) electrons. The molecule has 0 heterocycles. The van der Waals surface area contributed by atoms with Crippen molar-refractivity contribution in [3.8, 4) is 0 Å². The van der Waals surface area contributed by atoms with Crippen LogP contribution in [0.2, 0.25) is 0 Å². The zero-order valence-electron chi connectivity index (χ0n) is 12.8. The van der Waals surface area contributed by atoms with Gasteiger partial charge >= 0.3 is 0 Å². The highest BCUT2D eigenvalue weighted by Crippen LogP contribution is 2.62. The fourth-order valence-corrected chi connectivity index (χ4v) is 5.64. The molecule has 3 N–H and O–H groups in total. The van der Waals surface area contributed by atoms with Gasteiger partial charge in [0.25, 0.3) is 0 Å². The Labute approximate surface area is 117 Å². The van der Waals surface area contributed by atoms with Crippen molar-refractivity contribution in [2.75, 3.05) is 6.61 Å². The molecule has 0 aromatic rings. The largest absolute Gasteiger partial charge is 0.396 e.